The highest BCUT2D eigenvalue weighted by atomic mass is 16.2. The summed E-state index contributed by atoms with van der Waals surface area (Å²) < 4.78 is 0. The number of amides is 1. The van der Waals surface area contributed by atoms with E-state index in [1.807, 2.05) is 12.3 Å². The van der Waals surface area contributed by atoms with Gasteiger partial charge in [-0.3, -0.25) is 4.79 Å². The van der Waals surface area contributed by atoms with E-state index in [0.29, 0.717) is 0 Å². The van der Waals surface area contributed by atoms with Crippen molar-refractivity contribution in [2.45, 2.75) is 33.6 Å². The van der Waals surface area contributed by atoms with Gasteiger partial charge in [-0.25, -0.2) is 0 Å². The van der Waals surface area contributed by atoms with Crippen LogP contribution in [0, 0.1) is 0 Å². The largest absolute Gasteiger partial charge is 0.320 e. The van der Waals surface area contributed by atoms with Crippen LogP contribution in [0.3, 0.4) is 0 Å². The quantitative estimate of drug-likeness (QED) is 0.609. The number of rotatable bonds is 4. The third kappa shape index (κ3) is 4.59. The predicted molar refractivity (Wildman–Crippen MR) is 47.1 cm³/mol. The first-order valence-corrected chi connectivity index (χ1v) is 4.16. The average Bonchev–Trinajstić information content (AvgIpc) is 1.97. The second-order valence-electron chi connectivity index (χ2n) is 2.51. The van der Waals surface area contributed by atoms with Crippen LogP contribution in [0.5, 0.6) is 0 Å². The number of carbonyl (C=O) groups is 1. The first-order valence-electron chi connectivity index (χ1n) is 4.16. The van der Waals surface area contributed by atoms with Gasteiger partial charge in [0.2, 0.25) is 5.91 Å². The minimum absolute atomic E-state index is 0.122. The van der Waals surface area contributed by atoms with E-state index in [2.05, 4.69) is 13.8 Å². The fourth-order valence-electron chi connectivity index (χ4n) is 0.810. The number of hydrogen-bond acceptors (Lipinski definition) is 1. The molecule has 0 bridgehead atoms. The Kier molecular flexibility index (Phi) is 5.53. The van der Waals surface area contributed by atoms with E-state index in [0.717, 1.165) is 19.4 Å². The zero-order valence-corrected chi connectivity index (χ0v) is 7.63. The van der Waals surface area contributed by atoms with Gasteiger partial charge in [-0.05, 0) is 12.8 Å². The standard InChI is InChI=1S/C9H17NO/c1-4-6-8-10(7-5-2)9(3)11/h6,8H,4-5,7H2,1-3H3. The van der Waals surface area contributed by atoms with Crippen molar-refractivity contribution in [3.8, 4) is 0 Å². The predicted octanol–water partition coefficient (Wildman–Crippen LogP) is 2.17. The summed E-state index contributed by atoms with van der Waals surface area (Å²) in [7, 11) is 0. The lowest BCUT2D eigenvalue weighted by atomic mass is 10.4. The van der Waals surface area contributed by atoms with Crippen LogP contribution in [0.1, 0.15) is 33.6 Å². The topological polar surface area (TPSA) is 20.3 Å². The van der Waals surface area contributed by atoms with Gasteiger partial charge in [0.05, 0.1) is 0 Å². The van der Waals surface area contributed by atoms with Gasteiger partial charge in [0.15, 0.2) is 0 Å². The number of carbonyl (C=O) groups excluding carboxylic acids is 1. The molecule has 0 aliphatic heterocycles. The van der Waals surface area contributed by atoms with Crippen molar-refractivity contribution >= 4 is 5.91 Å². The van der Waals surface area contributed by atoms with Crippen molar-refractivity contribution in [1.82, 2.24) is 4.90 Å². The molecule has 0 fully saturated rings. The fraction of sp³-hybridized carbons (Fsp3) is 0.667. The van der Waals surface area contributed by atoms with E-state index in [-0.39, 0.29) is 5.91 Å². The first kappa shape index (κ1) is 10.2. The van der Waals surface area contributed by atoms with Crippen molar-refractivity contribution in [2.24, 2.45) is 0 Å². The zero-order chi connectivity index (χ0) is 8.69. The highest BCUT2D eigenvalue weighted by Gasteiger charge is 2.00. The Morgan fingerprint density at radius 1 is 1.45 bits per heavy atom. The van der Waals surface area contributed by atoms with Gasteiger partial charge in [-0.15, -0.1) is 0 Å². The molecule has 11 heavy (non-hydrogen) atoms. The summed E-state index contributed by atoms with van der Waals surface area (Å²) in [5.41, 5.74) is 0. The molecule has 0 aromatic rings. The van der Waals surface area contributed by atoms with Crippen molar-refractivity contribution in [1.29, 1.82) is 0 Å². The molecule has 0 N–H and O–H groups in total. The van der Waals surface area contributed by atoms with Gasteiger partial charge in [0.1, 0.15) is 0 Å². The molecule has 0 spiro atoms. The number of nitrogens with zero attached hydrogens (tertiary/aromatic N) is 1. The summed E-state index contributed by atoms with van der Waals surface area (Å²) in [5, 5.41) is 0. The molecule has 2 nitrogen and oxygen atoms in total. The van der Waals surface area contributed by atoms with Crippen LogP contribution >= 0.6 is 0 Å². The van der Waals surface area contributed by atoms with Crippen LogP contribution in [0.15, 0.2) is 12.3 Å². The van der Waals surface area contributed by atoms with E-state index in [1.54, 1.807) is 11.8 Å². The molecule has 0 heterocycles. The van der Waals surface area contributed by atoms with Gasteiger partial charge in [-0.2, -0.15) is 0 Å². The zero-order valence-electron chi connectivity index (χ0n) is 7.63. The van der Waals surface area contributed by atoms with Crippen molar-refractivity contribution in [3.05, 3.63) is 12.3 Å². The van der Waals surface area contributed by atoms with E-state index in [4.69, 9.17) is 0 Å². The molecule has 0 aromatic carbocycles. The van der Waals surface area contributed by atoms with Crippen molar-refractivity contribution in [2.75, 3.05) is 6.54 Å². The van der Waals surface area contributed by atoms with Crippen LogP contribution in [0.4, 0.5) is 0 Å². The molecule has 0 aliphatic rings. The maximum atomic E-state index is 10.9. The third-order valence-electron chi connectivity index (χ3n) is 1.39. The van der Waals surface area contributed by atoms with Crippen LogP contribution in [-0.4, -0.2) is 17.4 Å². The molecular weight excluding hydrogens is 138 g/mol. The van der Waals surface area contributed by atoms with E-state index in [9.17, 15) is 4.79 Å². The number of hydrogen-bond donors (Lipinski definition) is 0. The molecule has 2 heteroatoms. The normalized spacial score (nSPS) is 10.5. The molecule has 0 unspecified atom stereocenters. The Hall–Kier alpha value is -0.790. The first-order chi connectivity index (χ1) is 5.22. The smallest absolute Gasteiger partial charge is 0.223 e. The van der Waals surface area contributed by atoms with Crippen LogP contribution < -0.4 is 0 Å². The van der Waals surface area contributed by atoms with Crippen LogP contribution in [-0.2, 0) is 4.79 Å². The molecule has 0 rings (SSSR count). The second-order valence-corrected chi connectivity index (χ2v) is 2.51. The monoisotopic (exact) mass is 155 g/mol. The lowest BCUT2D eigenvalue weighted by molar-refractivity contribution is -0.126. The molecule has 0 atom stereocenters. The minimum Gasteiger partial charge on any atom is -0.320 e. The Bertz CT molecular complexity index is 140. The summed E-state index contributed by atoms with van der Waals surface area (Å²) in [5.74, 6) is 0.122. The number of allylic oxidation sites excluding steroid dienone is 1. The molecular formula is C9H17NO. The summed E-state index contributed by atoms with van der Waals surface area (Å²) in [6.07, 6.45) is 5.85. The van der Waals surface area contributed by atoms with E-state index >= 15 is 0 Å². The molecule has 1 amide bonds. The maximum Gasteiger partial charge on any atom is 0.223 e. The highest BCUT2D eigenvalue weighted by Crippen LogP contribution is 1.94. The minimum atomic E-state index is 0.122. The fourth-order valence-corrected chi connectivity index (χ4v) is 0.810. The Morgan fingerprint density at radius 2 is 2.09 bits per heavy atom. The lowest BCUT2D eigenvalue weighted by Crippen LogP contribution is -2.23. The second kappa shape index (κ2) is 5.96. The van der Waals surface area contributed by atoms with E-state index < -0.39 is 0 Å². The van der Waals surface area contributed by atoms with Gasteiger partial charge in [-0.1, -0.05) is 19.9 Å². The SMILES string of the molecule is CCC=CN(CCC)C(C)=O. The molecule has 0 aliphatic carbocycles. The third-order valence-corrected chi connectivity index (χ3v) is 1.39. The summed E-state index contributed by atoms with van der Waals surface area (Å²) in [6, 6.07) is 0. The Balaban J connectivity index is 3.88. The molecule has 64 valence electrons. The van der Waals surface area contributed by atoms with E-state index in [1.165, 1.54) is 0 Å². The van der Waals surface area contributed by atoms with Gasteiger partial charge in [0.25, 0.3) is 0 Å². The maximum absolute atomic E-state index is 10.9. The van der Waals surface area contributed by atoms with Crippen LogP contribution in [0.2, 0.25) is 0 Å². The Labute approximate surface area is 68.9 Å². The molecule has 0 radical (unpaired) electrons. The Morgan fingerprint density at radius 3 is 2.45 bits per heavy atom. The summed E-state index contributed by atoms with van der Waals surface area (Å²) in [6.45, 7) is 6.54. The van der Waals surface area contributed by atoms with Crippen molar-refractivity contribution < 1.29 is 4.79 Å². The highest BCUT2D eigenvalue weighted by molar-refractivity contribution is 5.74. The molecule has 0 saturated carbocycles. The van der Waals surface area contributed by atoms with Gasteiger partial charge in [0, 0.05) is 19.7 Å². The van der Waals surface area contributed by atoms with Gasteiger partial charge >= 0.3 is 0 Å². The molecule has 0 saturated heterocycles. The average molecular weight is 155 g/mol. The van der Waals surface area contributed by atoms with Crippen molar-refractivity contribution in [3.63, 3.8) is 0 Å². The molecule has 0 aromatic heterocycles. The van der Waals surface area contributed by atoms with Gasteiger partial charge < -0.3 is 4.90 Å². The van der Waals surface area contributed by atoms with Crippen LogP contribution in [0.25, 0.3) is 0 Å². The summed E-state index contributed by atoms with van der Waals surface area (Å²) >= 11 is 0. The summed E-state index contributed by atoms with van der Waals surface area (Å²) in [4.78, 5) is 12.7. The lowest BCUT2D eigenvalue weighted by Gasteiger charge is -2.14.